The molecule has 0 spiro atoms. The molecule has 1 saturated heterocycles. The van der Waals surface area contributed by atoms with Crippen LogP contribution in [0.3, 0.4) is 0 Å². The zero-order chi connectivity index (χ0) is 12.8. The van der Waals surface area contributed by atoms with E-state index in [9.17, 15) is 4.79 Å². The van der Waals surface area contributed by atoms with Crippen molar-refractivity contribution in [2.75, 3.05) is 18.9 Å². The number of amides is 1. The minimum atomic E-state index is 0.0212. The summed E-state index contributed by atoms with van der Waals surface area (Å²) in [6.45, 7) is 3.45. The zero-order valence-electron chi connectivity index (χ0n) is 10.4. The molecule has 0 aliphatic carbocycles. The quantitative estimate of drug-likeness (QED) is 0.793. The molecule has 1 unspecified atom stereocenters. The lowest BCUT2D eigenvalue weighted by molar-refractivity contribution is -0.122. The highest BCUT2D eigenvalue weighted by Crippen LogP contribution is 2.13. The van der Waals surface area contributed by atoms with Crippen LogP contribution in [0.5, 0.6) is 5.75 Å². The SMILES string of the molecule is Cc1ccc(OCCSC2NCCC(=O)N2)cc1. The Labute approximate surface area is 111 Å². The summed E-state index contributed by atoms with van der Waals surface area (Å²) < 4.78 is 5.62. The van der Waals surface area contributed by atoms with E-state index in [2.05, 4.69) is 17.6 Å². The first-order chi connectivity index (χ1) is 8.74. The maximum atomic E-state index is 11.2. The number of ether oxygens (including phenoxy) is 1. The monoisotopic (exact) mass is 266 g/mol. The molecule has 1 aliphatic rings. The number of thioether (sulfide) groups is 1. The Morgan fingerprint density at radius 3 is 2.89 bits per heavy atom. The van der Waals surface area contributed by atoms with E-state index in [4.69, 9.17) is 4.74 Å². The van der Waals surface area contributed by atoms with Crippen LogP contribution >= 0.6 is 11.8 Å². The predicted octanol–water partition coefficient (Wildman–Crippen LogP) is 1.50. The van der Waals surface area contributed by atoms with Crippen molar-refractivity contribution in [3.63, 3.8) is 0 Å². The van der Waals surface area contributed by atoms with Gasteiger partial charge in [-0.1, -0.05) is 17.7 Å². The van der Waals surface area contributed by atoms with E-state index in [1.807, 2.05) is 24.3 Å². The lowest BCUT2D eigenvalue weighted by atomic mass is 10.2. The third-order valence-electron chi connectivity index (χ3n) is 2.63. The van der Waals surface area contributed by atoms with Crippen LogP contribution in [0.4, 0.5) is 0 Å². The van der Waals surface area contributed by atoms with Gasteiger partial charge in [0.05, 0.1) is 6.61 Å². The number of carbonyl (C=O) groups is 1. The highest BCUT2D eigenvalue weighted by Gasteiger charge is 2.16. The molecule has 4 nitrogen and oxygen atoms in total. The molecule has 0 bridgehead atoms. The summed E-state index contributed by atoms with van der Waals surface area (Å²) in [6.07, 6.45) is 0.566. The highest BCUT2D eigenvalue weighted by molar-refractivity contribution is 7.99. The van der Waals surface area contributed by atoms with Gasteiger partial charge in [-0.05, 0) is 19.1 Å². The van der Waals surface area contributed by atoms with Crippen molar-refractivity contribution in [2.45, 2.75) is 18.8 Å². The summed E-state index contributed by atoms with van der Waals surface area (Å²) >= 11 is 1.66. The molecule has 98 valence electrons. The number of benzene rings is 1. The fourth-order valence-corrected chi connectivity index (χ4v) is 2.51. The van der Waals surface area contributed by atoms with Gasteiger partial charge < -0.3 is 10.1 Å². The Morgan fingerprint density at radius 1 is 1.39 bits per heavy atom. The Bertz CT molecular complexity index is 394. The van der Waals surface area contributed by atoms with Crippen molar-refractivity contribution < 1.29 is 9.53 Å². The summed E-state index contributed by atoms with van der Waals surface area (Å²) in [6, 6.07) is 8.01. The van der Waals surface area contributed by atoms with Crippen LogP contribution in [-0.4, -0.2) is 30.3 Å². The average molecular weight is 266 g/mol. The first-order valence-electron chi connectivity index (χ1n) is 6.08. The Balaban J connectivity index is 1.63. The van der Waals surface area contributed by atoms with Crippen molar-refractivity contribution >= 4 is 17.7 Å². The van der Waals surface area contributed by atoms with E-state index in [0.29, 0.717) is 13.0 Å². The van der Waals surface area contributed by atoms with E-state index < -0.39 is 0 Å². The molecule has 0 aromatic heterocycles. The van der Waals surface area contributed by atoms with Crippen LogP contribution in [0.2, 0.25) is 0 Å². The Morgan fingerprint density at radius 2 is 2.17 bits per heavy atom. The lowest BCUT2D eigenvalue weighted by Gasteiger charge is -2.24. The number of carbonyl (C=O) groups excluding carboxylic acids is 1. The van der Waals surface area contributed by atoms with E-state index >= 15 is 0 Å². The third kappa shape index (κ3) is 4.23. The number of rotatable bonds is 5. The van der Waals surface area contributed by atoms with Gasteiger partial charge in [0.1, 0.15) is 11.2 Å². The average Bonchev–Trinajstić information content (AvgIpc) is 2.37. The second-order valence-corrected chi connectivity index (χ2v) is 5.40. The zero-order valence-corrected chi connectivity index (χ0v) is 11.3. The molecule has 0 radical (unpaired) electrons. The van der Waals surface area contributed by atoms with Crippen molar-refractivity contribution in [3.05, 3.63) is 29.8 Å². The molecule has 1 aromatic rings. The first kappa shape index (κ1) is 13.2. The van der Waals surface area contributed by atoms with Crippen molar-refractivity contribution in [3.8, 4) is 5.75 Å². The van der Waals surface area contributed by atoms with E-state index in [0.717, 1.165) is 18.0 Å². The molecule has 1 amide bonds. The molecule has 1 heterocycles. The molecule has 0 saturated carbocycles. The molecule has 1 aromatic carbocycles. The molecule has 1 atom stereocenters. The van der Waals surface area contributed by atoms with Gasteiger partial charge in [-0.15, -0.1) is 11.8 Å². The summed E-state index contributed by atoms with van der Waals surface area (Å²) in [5.41, 5.74) is 1.25. The summed E-state index contributed by atoms with van der Waals surface area (Å²) in [5.74, 6) is 1.85. The number of hydrogen-bond donors (Lipinski definition) is 2. The van der Waals surface area contributed by atoms with Crippen molar-refractivity contribution in [1.82, 2.24) is 10.6 Å². The minimum Gasteiger partial charge on any atom is -0.493 e. The van der Waals surface area contributed by atoms with Crippen molar-refractivity contribution in [2.24, 2.45) is 0 Å². The molecule has 5 heteroatoms. The minimum absolute atomic E-state index is 0.0212. The van der Waals surface area contributed by atoms with Crippen LogP contribution in [0.15, 0.2) is 24.3 Å². The molecule has 1 fully saturated rings. The highest BCUT2D eigenvalue weighted by atomic mass is 32.2. The second-order valence-electron chi connectivity index (χ2n) is 4.18. The van der Waals surface area contributed by atoms with Crippen LogP contribution in [-0.2, 0) is 4.79 Å². The van der Waals surface area contributed by atoms with Gasteiger partial charge in [-0.2, -0.15) is 0 Å². The van der Waals surface area contributed by atoms with E-state index in [1.165, 1.54) is 5.56 Å². The van der Waals surface area contributed by atoms with Gasteiger partial charge in [0.25, 0.3) is 0 Å². The molecule has 1 aliphatic heterocycles. The maximum absolute atomic E-state index is 11.2. The van der Waals surface area contributed by atoms with Crippen LogP contribution < -0.4 is 15.4 Å². The van der Waals surface area contributed by atoms with Gasteiger partial charge in [0, 0.05) is 18.7 Å². The molecule has 18 heavy (non-hydrogen) atoms. The first-order valence-corrected chi connectivity index (χ1v) is 7.13. The van der Waals surface area contributed by atoms with Crippen LogP contribution in [0.25, 0.3) is 0 Å². The summed E-state index contributed by atoms with van der Waals surface area (Å²) in [7, 11) is 0. The molecular weight excluding hydrogens is 248 g/mol. The smallest absolute Gasteiger partial charge is 0.223 e. The predicted molar refractivity (Wildman–Crippen MR) is 73.7 cm³/mol. The second kappa shape index (κ2) is 6.66. The maximum Gasteiger partial charge on any atom is 0.223 e. The number of hydrogen-bond acceptors (Lipinski definition) is 4. The van der Waals surface area contributed by atoms with Crippen LogP contribution in [0, 0.1) is 6.92 Å². The molecular formula is C13H18N2O2S. The normalized spacial score (nSPS) is 19.4. The largest absolute Gasteiger partial charge is 0.493 e. The van der Waals surface area contributed by atoms with Crippen molar-refractivity contribution in [1.29, 1.82) is 0 Å². The van der Waals surface area contributed by atoms with E-state index in [-0.39, 0.29) is 11.4 Å². The topological polar surface area (TPSA) is 50.4 Å². The fourth-order valence-electron chi connectivity index (χ4n) is 1.65. The number of nitrogens with one attached hydrogen (secondary N) is 2. The summed E-state index contributed by atoms with van der Waals surface area (Å²) in [5, 5.41) is 6.11. The Hall–Kier alpha value is -1.20. The summed E-state index contributed by atoms with van der Waals surface area (Å²) in [4.78, 5) is 11.2. The van der Waals surface area contributed by atoms with Gasteiger partial charge in [0.2, 0.25) is 5.91 Å². The van der Waals surface area contributed by atoms with Gasteiger partial charge in [-0.3, -0.25) is 10.1 Å². The number of aryl methyl sites for hydroxylation is 1. The van der Waals surface area contributed by atoms with Crippen LogP contribution in [0.1, 0.15) is 12.0 Å². The molecule has 2 rings (SSSR count). The van der Waals surface area contributed by atoms with Gasteiger partial charge in [-0.25, -0.2) is 0 Å². The third-order valence-corrected chi connectivity index (χ3v) is 3.65. The molecule has 2 N–H and O–H groups in total. The fraction of sp³-hybridized carbons (Fsp3) is 0.462. The van der Waals surface area contributed by atoms with Gasteiger partial charge in [0.15, 0.2) is 0 Å². The Kier molecular flexibility index (Phi) is 4.90. The lowest BCUT2D eigenvalue weighted by Crippen LogP contribution is -2.49. The standard InChI is InChI=1S/C13H18N2O2S/c1-10-2-4-11(5-3-10)17-8-9-18-13-14-7-6-12(16)15-13/h2-5,13-14H,6-9H2,1H3,(H,15,16). The van der Waals surface area contributed by atoms with Gasteiger partial charge >= 0.3 is 0 Å². The van der Waals surface area contributed by atoms with E-state index in [1.54, 1.807) is 11.8 Å².